The molecule has 2 rings (SSSR count). The second kappa shape index (κ2) is 6.75. The third-order valence-corrected chi connectivity index (χ3v) is 4.93. The zero-order chi connectivity index (χ0) is 11.2. The number of aryl methyl sites for hydroxylation is 2. The Labute approximate surface area is 111 Å². The molecule has 0 amide bonds. The molecule has 0 spiro atoms. The molecule has 0 aromatic carbocycles. The van der Waals surface area contributed by atoms with Crippen LogP contribution in [0.25, 0.3) is 0 Å². The van der Waals surface area contributed by atoms with Gasteiger partial charge < -0.3 is 0 Å². The Morgan fingerprint density at radius 2 is 1.38 bits per heavy atom. The maximum Gasteiger partial charge on any atom is 0.159 e. The van der Waals surface area contributed by atoms with E-state index < -0.39 is 0 Å². The quantitative estimate of drug-likeness (QED) is 0.648. The molecule has 0 bridgehead atoms. The molecule has 1 nitrogen and oxygen atoms in total. The van der Waals surface area contributed by atoms with Crippen molar-refractivity contribution in [2.24, 2.45) is 0 Å². The first kappa shape index (κ1) is 12.6. The summed E-state index contributed by atoms with van der Waals surface area (Å²) in [7, 11) is 0. The van der Waals surface area contributed by atoms with Crippen LogP contribution in [0, 0.1) is 0 Å². The number of hydrogen-bond donors (Lipinski definition) is 0. The summed E-state index contributed by atoms with van der Waals surface area (Å²) < 4.78 is 1.08. The van der Waals surface area contributed by atoms with Gasteiger partial charge in [0.25, 0.3) is 0 Å². The zero-order valence-electron chi connectivity index (χ0n) is 9.80. The Balaban J connectivity index is 1.99. The van der Waals surface area contributed by atoms with E-state index in [1.54, 1.807) is 0 Å². The van der Waals surface area contributed by atoms with E-state index in [2.05, 4.69) is 20.9 Å². The van der Waals surface area contributed by atoms with Crippen molar-refractivity contribution < 1.29 is 0 Å². The summed E-state index contributed by atoms with van der Waals surface area (Å²) in [6.45, 7) is 0. The summed E-state index contributed by atoms with van der Waals surface area (Å²) in [5.41, 5.74) is 1.37. The first-order chi connectivity index (χ1) is 7.86. The number of halogens is 1. The van der Waals surface area contributed by atoms with E-state index in [4.69, 9.17) is 0 Å². The Hall–Kier alpha value is 0.110. The molecular formula is C13H20BrNS. The molecule has 16 heavy (non-hydrogen) atoms. The van der Waals surface area contributed by atoms with Crippen molar-refractivity contribution in [3.63, 3.8) is 0 Å². The van der Waals surface area contributed by atoms with Gasteiger partial charge in [-0.05, 0) is 41.6 Å². The second-order valence-electron chi connectivity index (χ2n) is 4.67. The van der Waals surface area contributed by atoms with Gasteiger partial charge in [0.1, 0.15) is 0 Å². The van der Waals surface area contributed by atoms with Gasteiger partial charge in [-0.25, -0.2) is 4.98 Å². The lowest BCUT2D eigenvalue weighted by atomic mass is 10.0. The first-order valence-electron chi connectivity index (χ1n) is 6.50. The van der Waals surface area contributed by atoms with Crippen LogP contribution in [0.4, 0.5) is 0 Å². The van der Waals surface area contributed by atoms with Crippen LogP contribution < -0.4 is 0 Å². The average molecular weight is 302 g/mol. The molecule has 0 unspecified atom stereocenters. The number of fused-ring (bicyclic) bond motifs is 1. The van der Waals surface area contributed by atoms with Crippen molar-refractivity contribution in [2.45, 2.75) is 64.2 Å². The number of hydrogen-bond acceptors (Lipinski definition) is 2. The van der Waals surface area contributed by atoms with E-state index in [-0.39, 0.29) is 0 Å². The fourth-order valence-corrected chi connectivity index (χ4v) is 4.05. The van der Waals surface area contributed by atoms with Crippen molar-refractivity contribution >= 4 is 27.3 Å². The van der Waals surface area contributed by atoms with Crippen molar-refractivity contribution in [1.82, 2.24) is 4.98 Å². The van der Waals surface area contributed by atoms with Gasteiger partial charge in [-0.15, -0.1) is 11.3 Å². The molecule has 1 aromatic rings. The minimum Gasteiger partial charge on any atom is -0.234 e. The minimum absolute atomic E-state index is 1.08. The SMILES string of the molecule is Brc1nc2c(s1)CCCCCCCCCC2. The number of nitrogens with zero attached hydrogens (tertiary/aromatic N) is 1. The lowest BCUT2D eigenvalue weighted by molar-refractivity contribution is 0.559. The summed E-state index contributed by atoms with van der Waals surface area (Å²) in [4.78, 5) is 6.15. The highest BCUT2D eigenvalue weighted by Crippen LogP contribution is 2.27. The Bertz CT molecular complexity index is 292. The van der Waals surface area contributed by atoms with E-state index in [1.807, 2.05) is 11.3 Å². The van der Waals surface area contributed by atoms with E-state index in [0.29, 0.717) is 0 Å². The van der Waals surface area contributed by atoms with Crippen LogP contribution in [0.15, 0.2) is 3.92 Å². The van der Waals surface area contributed by atoms with Crippen molar-refractivity contribution in [3.05, 3.63) is 14.5 Å². The molecule has 1 aromatic heterocycles. The van der Waals surface area contributed by atoms with Gasteiger partial charge in [0.2, 0.25) is 0 Å². The molecular weight excluding hydrogens is 282 g/mol. The van der Waals surface area contributed by atoms with Crippen LogP contribution in [-0.2, 0) is 12.8 Å². The van der Waals surface area contributed by atoms with E-state index >= 15 is 0 Å². The Morgan fingerprint density at radius 1 is 0.812 bits per heavy atom. The predicted molar refractivity (Wildman–Crippen MR) is 74.2 cm³/mol. The van der Waals surface area contributed by atoms with Gasteiger partial charge in [-0.1, -0.05) is 38.5 Å². The van der Waals surface area contributed by atoms with Crippen LogP contribution >= 0.6 is 27.3 Å². The standard InChI is InChI=1S/C13H20BrNS/c14-13-15-11-9-7-5-3-1-2-4-6-8-10-12(11)16-13/h1-10H2. The molecule has 0 saturated heterocycles. The summed E-state index contributed by atoms with van der Waals surface area (Å²) in [5.74, 6) is 0. The second-order valence-corrected chi connectivity index (χ2v) is 7.02. The average Bonchev–Trinajstić information content (AvgIpc) is 2.59. The van der Waals surface area contributed by atoms with Gasteiger partial charge in [0.05, 0.1) is 5.69 Å². The fourth-order valence-electron chi connectivity index (χ4n) is 2.38. The molecule has 1 heterocycles. The summed E-state index contributed by atoms with van der Waals surface area (Å²) >= 11 is 5.37. The zero-order valence-corrected chi connectivity index (χ0v) is 12.2. The third kappa shape index (κ3) is 3.85. The molecule has 3 heteroatoms. The molecule has 0 atom stereocenters. The largest absolute Gasteiger partial charge is 0.234 e. The monoisotopic (exact) mass is 301 g/mol. The normalized spacial score (nSPS) is 19.6. The maximum absolute atomic E-state index is 4.61. The predicted octanol–water partition coefficient (Wildman–Crippen LogP) is 5.13. The molecule has 0 aliphatic heterocycles. The highest BCUT2D eigenvalue weighted by atomic mass is 79.9. The van der Waals surface area contributed by atoms with Crippen LogP contribution in [0.3, 0.4) is 0 Å². The van der Waals surface area contributed by atoms with E-state index in [9.17, 15) is 0 Å². The van der Waals surface area contributed by atoms with Crippen molar-refractivity contribution in [2.75, 3.05) is 0 Å². The number of thiazole rings is 1. The number of rotatable bonds is 0. The van der Waals surface area contributed by atoms with Crippen LogP contribution in [-0.4, -0.2) is 4.98 Å². The molecule has 0 N–H and O–H groups in total. The van der Waals surface area contributed by atoms with Gasteiger partial charge in [-0.2, -0.15) is 0 Å². The number of aromatic nitrogens is 1. The molecule has 0 radical (unpaired) electrons. The van der Waals surface area contributed by atoms with E-state index in [1.165, 1.54) is 74.8 Å². The molecule has 1 aliphatic carbocycles. The molecule has 0 fully saturated rings. The fraction of sp³-hybridized carbons (Fsp3) is 0.769. The molecule has 0 saturated carbocycles. The van der Waals surface area contributed by atoms with Gasteiger partial charge >= 0.3 is 0 Å². The van der Waals surface area contributed by atoms with Gasteiger partial charge in [0, 0.05) is 4.88 Å². The lowest BCUT2D eigenvalue weighted by Gasteiger charge is -2.06. The maximum atomic E-state index is 4.61. The van der Waals surface area contributed by atoms with Gasteiger partial charge in [-0.3, -0.25) is 0 Å². The van der Waals surface area contributed by atoms with E-state index in [0.717, 1.165) is 3.92 Å². The molecule has 1 aliphatic rings. The minimum atomic E-state index is 1.08. The topological polar surface area (TPSA) is 12.9 Å². The smallest absolute Gasteiger partial charge is 0.159 e. The van der Waals surface area contributed by atoms with Gasteiger partial charge in [0.15, 0.2) is 3.92 Å². The van der Waals surface area contributed by atoms with Crippen LogP contribution in [0.1, 0.15) is 61.9 Å². The first-order valence-corrected chi connectivity index (χ1v) is 8.11. The highest BCUT2D eigenvalue weighted by molar-refractivity contribution is 9.11. The van der Waals surface area contributed by atoms with Crippen molar-refractivity contribution in [3.8, 4) is 0 Å². The van der Waals surface area contributed by atoms with Crippen LogP contribution in [0.5, 0.6) is 0 Å². The third-order valence-electron chi connectivity index (χ3n) is 3.32. The van der Waals surface area contributed by atoms with Crippen molar-refractivity contribution in [1.29, 1.82) is 0 Å². The van der Waals surface area contributed by atoms with Crippen LogP contribution in [0.2, 0.25) is 0 Å². The highest BCUT2D eigenvalue weighted by Gasteiger charge is 2.09. The Kier molecular flexibility index (Phi) is 5.30. The Morgan fingerprint density at radius 3 is 2.06 bits per heavy atom. The summed E-state index contributed by atoms with van der Waals surface area (Å²) in [5, 5.41) is 0. The summed E-state index contributed by atoms with van der Waals surface area (Å²) in [6, 6.07) is 0. The summed E-state index contributed by atoms with van der Waals surface area (Å²) in [6.07, 6.45) is 13.6. The molecule has 90 valence electrons. The lowest BCUT2D eigenvalue weighted by Crippen LogP contribution is -1.94.